The van der Waals surface area contributed by atoms with Crippen LogP contribution in [0.5, 0.6) is 0 Å². The summed E-state index contributed by atoms with van der Waals surface area (Å²) in [6.07, 6.45) is 6.47. The number of hydrogen-bond acceptors (Lipinski definition) is 5. The summed E-state index contributed by atoms with van der Waals surface area (Å²) in [5.74, 6) is 2.35. The molecule has 1 aromatic carbocycles. The van der Waals surface area contributed by atoms with Crippen LogP contribution in [-0.4, -0.2) is 35.6 Å². The van der Waals surface area contributed by atoms with Crippen LogP contribution in [0.3, 0.4) is 0 Å². The molecule has 5 rings (SSSR count). The Kier molecular flexibility index (Phi) is 10.1. The lowest BCUT2D eigenvalue weighted by Gasteiger charge is -2.36. The first-order valence-corrected chi connectivity index (χ1v) is 12.2. The molecule has 1 unspecified atom stereocenters. The Morgan fingerprint density at radius 2 is 1.82 bits per heavy atom. The number of fused-ring (bicyclic) bond motifs is 3. The van der Waals surface area contributed by atoms with Crippen molar-refractivity contribution in [3.05, 3.63) is 46.9 Å². The smallest absolute Gasteiger partial charge is 0.140 e. The van der Waals surface area contributed by atoms with Crippen molar-refractivity contribution < 1.29 is 0 Å². The monoisotopic (exact) mass is 527 g/mol. The van der Waals surface area contributed by atoms with Gasteiger partial charge in [-0.15, -0.1) is 37.2 Å². The molecule has 1 aliphatic carbocycles. The van der Waals surface area contributed by atoms with E-state index in [4.69, 9.17) is 9.97 Å². The van der Waals surface area contributed by atoms with Gasteiger partial charge < -0.3 is 15.5 Å². The van der Waals surface area contributed by atoms with Crippen LogP contribution in [-0.2, 0) is 18.4 Å². The number of benzene rings is 1. The molecule has 190 valence electrons. The highest BCUT2D eigenvalue weighted by atomic mass is 35.5. The lowest BCUT2D eigenvalue weighted by atomic mass is 9.73. The van der Waals surface area contributed by atoms with E-state index >= 15 is 0 Å². The predicted molar refractivity (Wildman–Crippen MR) is 149 cm³/mol. The van der Waals surface area contributed by atoms with E-state index in [-0.39, 0.29) is 42.6 Å². The number of nitrogens with zero attached hydrogens (tertiary/aromatic N) is 3. The normalized spacial score (nSPS) is 19.9. The van der Waals surface area contributed by atoms with Crippen molar-refractivity contribution in [2.24, 2.45) is 5.92 Å². The fraction of sp³-hybridized carbons (Fsp3) is 0.615. The highest BCUT2D eigenvalue weighted by Crippen LogP contribution is 2.52. The quantitative estimate of drug-likeness (QED) is 0.521. The van der Waals surface area contributed by atoms with Crippen molar-refractivity contribution >= 4 is 48.7 Å². The molecule has 1 fully saturated rings. The number of piperidine rings is 1. The molecule has 1 saturated heterocycles. The van der Waals surface area contributed by atoms with Crippen LogP contribution in [0.4, 0.5) is 11.5 Å². The second-order valence-electron chi connectivity index (χ2n) is 10.4. The van der Waals surface area contributed by atoms with Crippen LogP contribution in [0.1, 0.15) is 75.3 Å². The fourth-order valence-corrected chi connectivity index (χ4v) is 6.17. The minimum absolute atomic E-state index is 0. The van der Waals surface area contributed by atoms with E-state index in [1.165, 1.54) is 47.6 Å². The van der Waals surface area contributed by atoms with Gasteiger partial charge in [0.2, 0.25) is 0 Å². The summed E-state index contributed by atoms with van der Waals surface area (Å²) in [4.78, 5) is 12.2. The topological polar surface area (TPSA) is 53.1 Å². The van der Waals surface area contributed by atoms with E-state index in [0.717, 1.165) is 32.6 Å². The number of hydrogen-bond donors (Lipinski definition) is 2. The number of nitrogens with one attached hydrogen (secondary N) is 2. The van der Waals surface area contributed by atoms with Crippen LogP contribution in [0.2, 0.25) is 0 Å². The molecule has 5 nitrogen and oxygen atoms in total. The third-order valence-electron chi connectivity index (χ3n) is 7.74. The maximum absolute atomic E-state index is 4.93. The molecule has 1 atom stereocenters. The first-order valence-electron chi connectivity index (χ1n) is 12.2. The first kappa shape index (κ1) is 29.1. The maximum atomic E-state index is 4.93. The van der Waals surface area contributed by atoms with Crippen molar-refractivity contribution in [2.45, 2.75) is 77.3 Å². The van der Waals surface area contributed by atoms with E-state index in [9.17, 15) is 0 Å². The van der Waals surface area contributed by atoms with Crippen molar-refractivity contribution in [3.63, 3.8) is 0 Å². The third-order valence-corrected chi connectivity index (χ3v) is 7.74. The molecule has 8 heteroatoms. The minimum atomic E-state index is 0. The first-order chi connectivity index (χ1) is 15.0. The Morgan fingerprint density at radius 3 is 2.50 bits per heavy atom. The van der Waals surface area contributed by atoms with E-state index in [2.05, 4.69) is 61.4 Å². The zero-order valence-corrected chi connectivity index (χ0v) is 23.2. The summed E-state index contributed by atoms with van der Waals surface area (Å²) in [6, 6.07) is 7.39. The molecule has 0 saturated carbocycles. The van der Waals surface area contributed by atoms with Crippen LogP contribution in [0.25, 0.3) is 0 Å². The molecule has 2 N–H and O–H groups in total. The third kappa shape index (κ3) is 5.05. The van der Waals surface area contributed by atoms with Gasteiger partial charge in [0.15, 0.2) is 0 Å². The van der Waals surface area contributed by atoms with Gasteiger partial charge >= 0.3 is 0 Å². The molecule has 0 bridgehead atoms. The summed E-state index contributed by atoms with van der Waals surface area (Å²) in [5.41, 5.74) is 7.30. The van der Waals surface area contributed by atoms with E-state index in [1.807, 2.05) is 0 Å². The van der Waals surface area contributed by atoms with Gasteiger partial charge in [-0.25, -0.2) is 9.97 Å². The molecule has 1 spiro atoms. The minimum Gasteiger partial charge on any atom is -0.325 e. The lowest BCUT2D eigenvalue weighted by molar-refractivity contribution is 0.326. The molecule has 1 aromatic heterocycles. The Hall–Kier alpha value is -1.11. The average Bonchev–Trinajstić information content (AvgIpc) is 3.33. The number of aryl methyl sites for hydroxylation is 1. The SMILES string of the molecule is CC(C)NCc1cccc2c1C1(CCNCC1)CN2c1ncnc2c1C(C(C)C)CC2.Cl.Cl.Cl. The average molecular weight is 529 g/mol. The molecule has 3 heterocycles. The van der Waals surface area contributed by atoms with Crippen molar-refractivity contribution in [1.29, 1.82) is 0 Å². The predicted octanol–water partition coefficient (Wildman–Crippen LogP) is 5.70. The van der Waals surface area contributed by atoms with E-state index in [0.29, 0.717) is 17.9 Å². The van der Waals surface area contributed by atoms with Gasteiger partial charge in [-0.1, -0.05) is 39.8 Å². The molecule has 3 aliphatic rings. The van der Waals surface area contributed by atoms with E-state index in [1.54, 1.807) is 11.9 Å². The van der Waals surface area contributed by atoms with Crippen molar-refractivity contribution in [1.82, 2.24) is 20.6 Å². The number of halogens is 3. The van der Waals surface area contributed by atoms with Gasteiger partial charge in [0.05, 0.1) is 0 Å². The summed E-state index contributed by atoms with van der Waals surface area (Å²) < 4.78 is 0. The molecule has 0 radical (unpaired) electrons. The van der Waals surface area contributed by atoms with Gasteiger partial charge in [0.25, 0.3) is 0 Å². The van der Waals surface area contributed by atoms with Crippen LogP contribution in [0.15, 0.2) is 24.5 Å². The second-order valence-corrected chi connectivity index (χ2v) is 10.4. The van der Waals surface area contributed by atoms with Crippen LogP contribution in [0, 0.1) is 5.92 Å². The Balaban J connectivity index is 0.00000136. The highest BCUT2D eigenvalue weighted by Gasteiger charge is 2.46. The molecule has 2 aliphatic heterocycles. The van der Waals surface area contributed by atoms with E-state index < -0.39 is 0 Å². The Labute approximate surface area is 223 Å². The van der Waals surface area contributed by atoms with Crippen molar-refractivity contribution in [2.75, 3.05) is 24.5 Å². The lowest BCUT2D eigenvalue weighted by Crippen LogP contribution is -2.43. The van der Waals surface area contributed by atoms with Crippen LogP contribution < -0.4 is 15.5 Å². The maximum Gasteiger partial charge on any atom is 0.140 e. The fourth-order valence-electron chi connectivity index (χ4n) is 6.17. The zero-order valence-electron chi connectivity index (χ0n) is 20.8. The number of rotatable bonds is 5. The summed E-state index contributed by atoms with van der Waals surface area (Å²) >= 11 is 0. The van der Waals surface area contributed by atoms with Gasteiger partial charge in [-0.05, 0) is 67.8 Å². The highest BCUT2D eigenvalue weighted by molar-refractivity contribution is 5.86. The molecular formula is C26H40Cl3N5. The van der Waals surface area contributed by atoms with Gasteiger partial charge in [-0.3, -0.25) is 0 Å². The number of aromatic nitrogens is 2. The van der Waals surface area contributed by atoms with Crippen molar-refractivity contribution in [3.8, 4) is 0 Å². The summed E-state index contributed by atoms with van der Waals surface area (Å²) in [6.45, 7) is 13.3. The molecular weight excluding hydrogens is 489 g/mol. The summed E-state index contributed by atoms with van der Waals surface area (Å²) in [5, 5.41) is 7.27. The zero-order chi connectivity index (χ0) is 21.6. The summed E-state index contributed by atoms with van der Waals surface area (Å²) in [7, 11) is 0. The Morgan fingerprint density at radius 1 is 1.09 bits per heavy atom. The number of anilines is 2. The molecule has 2 aromatic rings. The van der Waals surface area contributed by atoms with Crippen LogP contribution >= 0.6 is 37.2 Å². The molecule has 0 amide bonds. The second kappa shape index (κ2) is 11.7. The van der Waals surface area contributed by atoms with Gasteiger partial charge in [0.1, 0.15) is 12.1 Å². The van der Waals surface area contributed by atoms with Gasteiger partial charge in [-0.2, -0.15) is 0 Å². The van der Waals surface area contributed by atoms with Gasteiger partial charge in [0, 0.05) is 41.5 Å². The molecule has 34 heavy (non-hydrogen) atoms. The standard InChI is InChI=1S/C26H37N5.3ClH/c1-17(2)20-8-9-21-23(20)25(30-16-29-21)31-15-26(10-12-27-13-11-26)24-19(14-28-18(3)4)6-5-7-22(24)31;;;/h5-7,16-18,20,27-28H,8-15H2,1-4H3;3*1H. The Bertz CT molecular complexity index is 959. The largest absolute Gasteiger partial charge is 0.325 e.